The number of hydrogen-bond acceptors (Lipinski definition) is 0. The van der Waals surface area contributed by atoms with Crippen molar-refractivity contribution in [2.24, 2.45) is 0 Å². The van der Waals surface area contributed by atoms with Gasteiger partial charge in [-0.05, 0) is 0 Å². The number of rotatable bonds is 1. The smallest absolute Gasteiger partial charge is 0.0750 e. The largest absolute Gasteiger partial charge is 0.154 e. The van der Waals surface area contributed by atoms with Gasteiger partial charge in [0.25, 0.3) is 0 Å². The van der Waals surface area contributed by atoms with Gasteiger partial charge in [-0.15, -0.1) is 0 Å². The molecule has 0 saturated carbocycles. The first-order chi connectivity index (χ1) is 2.56. The molecule has 0 N–H and O–H groups in total. The van der Waals surface area contributed by atoms with Gasteiger partial charge in [-0.1, -0.05) is 6.58 Å². The van der Waals surface area contributed by atoms with Crippen LogP contribution < -0.4 is 0 Å². The highest BCUT2D eigenvalue weighted by Crippen LogP contribution is 2.47. The summed E-state index contributed by atoms with van der Waals surface area (Å²) in [5.74, 6) is 0. The Hall–Kier alpha value is -0.0500. The van der Waals surface area contributed by atoms with Crippen LogP contribution in [0.5, 0.6) is 0 Å². The Morgan fingerprint density at radius 1 is 1.67 bits per heavy atom. The predicted molar refractivity (Wildman–Crippen MR) is 25.9 cm³/mol. The Kier molecular flexibility index (Phi) is 1.59. The van der Waals surface area contributed by atoms with Gasteiger partial charge in [-0.3, -0.25) is 0 Å². The van der Waals surface area contributed by atoms with Crippen molar-refractivity contribution >= 4 is 10.8 Å². The highest BCUT2D eigenvalue weighted by molar-refractivity contribution is 8.27. The molecule has 0 aromatic carbocycles. The summed E-state index contributed by atoms with van der Waals surface area (Å²) in [5, 5.41) is 0.688. The molecule has 0 radical (unpaired) electrons. The molecular formula is C3H6F2S. The van der Waals surface area contributed by atoms with Gasteiger partial charge in [0.15, 0.2) is 0 Å². The van der Waals surface area contributed by atoms with E-state index in [1.807, 2.05) is 0 Å². The van der Waals surface area contributed by atoms with Crippen molar-refractivity contribution in [3.05, 3.63) is 12.0 Å². The van der Waals surface area contributed by atoms with E-state index in [2.05, 4.69) is 6.58 Å². The maximum Gasteiger partial charge on any atom is 0.0750 e. The van der Waals surface area contributed by atoms with E-state index in [1.54, 1.807) is 0 Å². The zero-order chi connectivity index (χ0) is 5.21. The van der Waals surface area contributed by atoms with Crippen molar-refractivity contribution in [1.29, 1.82) is 0 Å². The quantitative estimate of drug-likeness (QED) is 0.488. The molecule has 0 saturated heterocycles. The van der Waals surface area contributed by atoms with Crippen LogP contribution in [0.3, 0.4) is 0 Å². The van der Waals surface area contributed by atoms with Crippen LogP contribution in [0.2, 0.25) is 0 Å². The van der Waals surface area contributed by atoms with Crippen molar-refractivity contribution in [3.63, 3.8) is 0 Å². The molecule has 0 spiro atoms. The van der Waals surface area contributed by atoms with Crippen LogP contribution in [0.15, 0.2) is 12.0 Å². The van der Waals surface area contributed by atoms with Gasteiger partial charge in [0.1, 0.15) is 0 Å². The lowest BCUT2D eigenvalue weighted by atomic mass is 11.3. The zero-order valence-electron chi connectivity index (χ0n) is 3.45. The SMILES string of the molecule is C=CS(C)(F)F. The molecule has 6 heavy (non-hydrogen) atoms. The molecule has 0 bridgehead atoms. The van der Waals surface area contributed by atoms with Gasteiger partial charge < -0.3 is 0 Å². The van der Waals surface area contributed by atoms with E-state index in [9.17, 15) is 7.77 Å². The fraction of sp³-hybridized carbons (Fsp3) is 0.333. The third kappa shape index (κ3) is 3.95. The van der Waals surface area contributed by atoms with Gasteiger partial charge in [0.2, 0.25) is 0 Å². The highest BCUT2D eigenvalue weighted by atomic mass is 32.3. The molecule has 38 valence electrons. The maximum atomic E-state index is 11.4. The summed E-state index contributed by atoms with van der Waals surface area (Å²) in [6, 6.07) is 0. The number of hydrogen-bond donors (Lipinski definition) is 0. The second kappa shape index (κ2) is 1.60. The summed E-state index contributed by atoms with van der Waals surface area (Å²) in [4.78, 5) is 0. The van der Waals surface area contributed by atoms with Crippen LogP contribution in [0.4, 0.5) is 7.77 Å². The van der Waals surface area contributed by atoms with Gasteiger partial charge in [0.05, 0.1) is 10.8 Å². The Bertz CT molecular complexity index is 54.3. The number of halogens is 2. The minimum atomic E-state index is -3.40. The third-order valence-corrected chi connectivity index (χ3v) is 0.878. The Morgan fingerprint density at radius 3 is 1.83 bits per heavy atom. The molecule has 0 fully saturated rings. The lowest BCUT2D eigenvalue weighted by molar-refractivity contribution is 0.772. The molecular weight excluding hydrogens is 106 g/mol. The van der Waals surface area contributed by atoms with E-state index in [0.717, 1.165) is 6.26 Å². The molecule has 0 rings (SSSR count). The molecule has 0 heterocycles. The lowest BCUT2D eigenvalue weighted by Gasteiger charge is -2.03. The molecule has 0 unspecified atom stereocenters. The highest BCUT2D eigenvalue weighted by Gasteiger charge is 2.04. The predicted octanol–water partition coefficient (Wildman–Crippen LogP) is 2.33. The molecule has 0 nitrogen and oxygen atoms in total. The Balaban J connectivity index is 3.45. The van der Waals surface area contributed by atoms with Crippen molar-refractivity contribution in [1.82, 2.24) is 0 Å². The summed E-state index contributed by atoms with van der Waals surface area (Å²) in [7, 11) is -3.40. The first-order valence-corrected chi connectivity index (χ1v) is 3.27. The summed E-state index contributed by atoms with van der Waals surface area (Å²) >= 11 is 0. The molecule has 0 aliphatic heterocycles. The van der Waals surface area contributed by atoms with E-state index in [1.165, 1.54) is 0 Å². The molecule has 0 aliphatic carbocycles. The van der Waals surface area contributed by atoms with Gasteiger partial charge in [-0.25, -0.2) is 0 Å². The van der Waals surface area contributed by atoms with Gasteiger partial charge in [-0.2, -0.15) is 7.77 Å². The van der Waals surface area contributed by atoms with Crippen LogP contribution >= 0.6 is 10.8 Å². The molecule has 0 aromatic heterocycles. The molecule has 0 aliphatic rings. The van der Waals surface area contributed by atoms with Crippen LogP contribution in [0.1, 0.15) is 0 Å². The second-order valence-electron chi connectivity index (χ2n) is 0.947. The Labute approximate surface area is 37.8 Å². The first-order valence-electron chi connectivity index (χ1n) is 1.36. The third-order valence-electron chi connectivity index (χ3n) is 0.293. The normalized spacial score (nSPS) is 13.8. The Morgan fingerprint density at radius 2 is 1.83 bits per heavy atom. The van der Waals surface area contributed by atoms with Gasteiger partial charge >= 0.3 is 0 Å². The van der Waals surface area contributed by atoms with Crippen LogP contribution in [-0.4, -0.2) is 6.26 Å². The molecule has 0 atom stereocenters. The topological polar surface area (TPSA) is 0 Å². The lowest BCUT2D eigenvalue weighted by Crippen LogP contribution is -1.65. The van der Waals surface area contributed by atoms with Crippen LogP contribution in [0, 0.1) is 0 Å². The van der Waals surface area contributed by atoms with E-state index in [-0.39, 0.29) is 0 Å². The monoisotopic (exact) mass is 112 g/mol. The summed E-state index contributed by atoms with van der Waals surface area (Å²) < 4.78 is 22.8. The fourth-order valence-electron chi connectivity index (χ4n) is 0. The molecule has 0 aromatic rings. The average molecular weight is 112 g/mol. The second-order valence-corrected chi connectivity index (χ2v) is 2.84. The fourth-order valence-corrected chi connectivity index (χ4v) is 0. The van der Waals surface area contributed by atoms with Gasteiger partial charge in [0, 0.05) is 11.7 Å². The summed E-state index contributed by atoms with van der Waals surface area (Å²) in [6.07, 6.45) is 0.875. The zero-order valence-corrected chi connectivity index (χ0v) is 4.27. The van der Waals surface area contributed by atoms with Crippen molar-refractivity contribution < 1.29 is 7.77 Å². The summed E-state index contributed by atoms with van der Waals surface area (Å²) in [6.45, 7) is 2.92. The van der Waals surface area contributed by atoms with Crippen LogP contribution in [0.25, 0.3) is 0 Å². The summed E-state index contributed by atoms with van der Waals surface area (Å²) in [5.41, 5.74) is 0. The van der Waals surface area contributed by atoms with Crippen molar-refractivity contribution in [2.75, 3.05) is 6.26 Å². The maximum absolute atomic E-state index is 11.4. The van der Waals surface area contributed by atoms with E-state index in [4.69, 9.17) is 0 Å². The average Bonchev–Trinajstić information content (AvgIpc) is 1.35. The van der Waals surface area contributed by atoms with E-state index in [0.29, 0.717) is 5.41 Å². The van der Waals surface area contributed by atoms with E-state index >= 15 is 0 Å². The minimum absolute atomic E-state index is 0.688. The first kappa shape index (κ1) is 5.95. The minimum Gasteiger partial charge on any atom is -0.154 e. The van der Waals surface area contributed by atoms with Crippen molar-refractivity contribution in [2.45, 2.75) is 0 Å². The standard InChI is InChI=1S/C3H6F2S/c1-3-6(2,4)5/h3H,1H2,2H3. The van der Waals surface area contributed by atoms with Crippen molar-refractivity contribution in [3.8, 4) is 0 Å². The molecule has 3 heteroatoms. The molecule has 0 amide bonds. The van der Waals surface area contributed by atoms with Crippen LogP contribution in [-0.2, 0) is 0 Å². The van der Waals surface area contributed by atoms with E-state index < -0.39 is 10.8 Å².